The number of benzene rings is 2. The third-order valence-corrected chi connectivity index (χ3v) is 8.58. The number of carbonyl (C=O) groups excluding carboxylic acids is 2. The smallest absolute Gasteiger partial charge is 0.323 e. The van der Waals surface area contributed by atoms with E-state index >= 15 is 0 Å². The summed E-state index contributed by atoms with van der Waals surface area (Å²) in [5.74, 6) is -0.382. The Labute approximate surface area is 302 Å². The van der Waals surface area contributed by atoms with Crippen molar-refractivity contribution < 1.29 is 19.1 Å². The molecule has 0 fully saturated rings. The molecule has 4 rings (SSSR count). The topological polar surface area (TPSA) is 216 Å². The molecule has 4 aromatic rings. The molecule has 17 heteroatoms. The highest BCUT2D eigenvalue weighted by Crippen LogP contribution is 2.37. The van der Waals surface area contributed by atoms with E-state index in [0.717, 1.165) is 16.3 Å². The summed E-state index contributed by atoms with van der Waals surface area (Å²) in [6, 6.07) is 17.5. The van der Waals surface area contributed by atoms with Crippen molar-refractivity contribution in [3.63, 3.8) is 0 Å². The van der Waals surface area contributed by atoms with Gasteiger partial charge in [-0.2, -0.15) is 10.5 Å². The van der Waals surface area contributed by atoms with Crippen molar-refractivity contribution in [2.24, 2.45) is 11.5 Å². The highest BCUT2D eigenvalue weighted by atomic mass is 35.5. The first kappa shape index (κ1) is 40.1. The van der Waals surface area contributed by atoms with E-state index in [-0.39, 0.29) is 67.9 Å². The number of rotatable bonds is 15. The summed E-state index contributed by atoms with van der Waals surface area (Å²) in [5, 5.41) is 26.7. The van der Waals surface area contributed by atoms with E-state index in [0.29, 0.717) is 39.2 Å². The molecule has 0 unspecified atom stereocenters. The zero-order chi connectivity index (χ0) is 33.1. The van der Waals surface area contributed by atoms with Gasteiger partial charge in [-0.1, -0.05) is 47.6 Å². The second-order valence-electron chi connectivity index (χ2n) is 9.60. The normalized spacial score (nSPS) is 10.8. The summed E-state index contributed by atoms with van der Waals surface area (Å²) < 4.78 is 10.9. The Kier molecular flexibility index (Phi) is 16.4. The number of nitrogens with two attached hydrogens (primary N) is 3. The molecule has 48 heavy (non-hydrogen) atoms. The Bertz CT molecular complexity index is 1780. The number of halogens is 3. The molecule has 0 aliphatic carbocycles. The number of pyridine rings is 1. The van der Waals surface area contributed by atoms with Gasteiger partial charge in [0.2, 0.25) is 5.91 Å². The Morgan fingerprint density at radius 1 is 1.00 bits per heavy atom. The van der Waals surface area contributed by atoms with Gasteiger partial charge in [0.1, 0.15) is 58.6 Å². The maximum absolute atomic E-state index is 12.3. The lowest BCUT2D eigenvalue weighted by atomic mass is 9.97. The number of nitrogens with one attached hydrogen (secondary N) is 1. The van der Waals surface area contributed by atoms with Crippen molar-refractivity contribution in [3.05, 3.63) is 75.8 Å². The van der Waals surface area contributed by atoms with Gasteiger partial charge in [0.15, 0.2) is 0 Å². The van der Waals surface area contributed by atoms with Gasteiger partial charge in [0.25, 0.3) is 0 Å². The van der Waals surface area contributed by atoms with E-state index in [1.165, 1.54) is 23.1 Å². The maximum Gasteiger partial charge on any atom is 0.323 e. The lowest BCUT2D eigenvalue weighted by Crippen LogP contribution is -2.43. The summed E-state index contributed by atoms with van der Waals surface area (Å²) in [6.07, 6.45) is -0.216. The summed E-state index contributed by atoms with van der Waals surface area (Å²) >= 11 is 8.80. The molecule has 2 aromatic carbocycles. The van der Waals surface area contributed by atoms with Crippen LogP contribution in [0.2, 0.25) is 5.02 Å². The van der Waals surface area contributed by atoms with Crippen molar-refractivity contribution >= 4 is 77.2 Å². The quantitative estimate of drug-likeness (QED) is 0.0739. The number of primary amides is 1. The van der Waals surface area contributed by atoms with Crippen LogP contribution in [-0.2, 0) is 20.1 Å². The molecule has 12 nitrogen and oxygen atoms in total. The fraction of sp³-hybridized carbons (Fsp3) is 0.226. The first-order valence-electron chi connectivity index (χ1n) is 13.8. The molecule has 0 aliphatic rings. The van der Waals surface area contributed by atoms with E-state index < -0.39 is 17.9 Å². The first-order valence-corrected chi connectivity index (χ1v) is 16.1. The Morgan fingerprint density at radius 2 is 1.67 bits per heavy atom. The minimum Gasteiger partial charge on any atom is -0.490 e. The van der Waals surface area contributed by atoms with Gasteiger partial charge in [0, 0.05) is 40.4 Å². The lowest BCUT2D eigenvalue weighted by Gasteiger charge is -2.16. The molecule has 0 saturated carbocycles. The number of hydrogen-bond donors (Lipinski definition) is 4. The molecule has 1 atom stereocenters. The third-order valence-electron chi connectivity index (χ3n) is 6.38. The number of esters is 1. The lowest BCUT2D eigenvalue weighted by molar-refractivity contribution is -0.148. The number of thiazole rings is 1. The van der Waals surface area contributed by atoms with E-state index in [9.17, 15) is 20.1 Å². The van der Waals surface area contributed by atoms with Gasteiger partial charge in [-0.15, -0.1) is 36.2 Å². The van der Waals surface area contributed by atoms with Gasteiger partial charge in [0.05, 0.1) is 17.7 Å². The SMILES string of the molecule is Cl.Cl.N#Cc1c(N)nc(SCc2csc(-c3ccc(Cl)cc3)n2)c(C#N)c1-c1ccc(OCCOC(=O)[C@H](CC(N)=O)NCCN)cc1. The zero-order valence-corrected chi connectivity index (χ0v) is 29.2. The molecule has 252 valence electrons. The number of ether oxygens (including phenoxy) is 2. The number of nitrogen functional groups attached to an aromatic ring is 1. The minimum absolute atomic E-state index is 0. The number of thioether (sulfide) groups is 1. The van der Waals surface area contributed by atoms with Crippen molar-refractivity contribution in [1.29, 1.82) is 10.5 Å². The molecule has 0 saturated heterocycles. The first-order chi connectivity index (χ1) is 22.2. The van der Waals surface area contributed by atoms with Crippen molar-refractivity contribution in [2.45, 2.75) is 23.2 Å². The third kappa shape index (κ3) is 10.7. The second-order valence-corrected chi connectivity index (χ2v) is 11.9. The molecular weight excluding hydrogens is 719 g/mol. The molecule has 0 spiro atoms. The summed E-state index contributed by atoms with van der Waals surface area (Å²) in [6.45, 7) is 0.563. The van der Waals surface area contributed by atoms with Crippen LogP contribution in [0, 0.1) is 22.7 Å². The molecule has 2 aromatic heterocycles. The van der Waals surface area contributed by atoms with Gasteiger partial charge in [-0.25, -0.2) is 9.97 Å². The monoisotopic (exact) mass is 748 g/mol. The Morgan fingerprint density at radius 3 is 2.29 bits per heavy atom. The largest absolute Gasteiger partial charge is 0.490 e. The van der Waals surface area contributed by atoms with Crippen LogP contribution in [0.3, 0.4) is 0 Å². The second kappa shape index (κ2) is 19.6. The minimum atomic E-state index is -0.895. The highest BCUT2D eigenvalue weighted by Gasteiger charge is 2.22. The fourth-order valence-electron chi connectivity index (χ4n) is 4.25. The van der Waals surface area contributed by atoms with Crippen LogP contribution in [-0.4, -0.2) is 54.2 Å². The number of nitriles is 2. The highest BCUT2D eigenvalue weighted by molar-refractivity contribution is 7.98. The van der Waals surface area contributed by atoms with Crippen molar-refractivity contribution in [3.8, 4) is 39.6 Å². The van der Waals surface area contributed by atoms with Gasteiger partial charge in [-0.05, 0) is 29.8 Å². The van der Waals surface area contributed by atoms with Crippen LogP contribution >= 0.6 is 59.5 Å². The van der Waals surface area contributed by atoms with Crippen LogP contribution in [0.15, 0.2) is 58.9 Å². The maximum atomic E-state index is 12.3. The van der Waals surface area contributed by atoms with Gasteiger partial charge in [-0.3, -0.25) is 9.59 Å². The van der Waals surface area contributed by atoms with Crippen LogP contribution in [0.1, 0.15) is 23.2 Å². The average Bonchev–Trinajstić information content (AvgIpc) is 3.53. The summed E-state index contributed by atoms with van der Waals surface area (Å²) in [7, 11) is 0. The number of aromatic nitrogens is 2. The molecular formula is C31H31Cl3N8O4S2. The van der Waals surface area contributed by atoms with Crippen LogP contribution in [0.25, 0.3) is 21.7 Å². The van der Waals surface area contributed by atoms with Crippen molar-refractivity contribution in [1.82, 2.24) is 15.3 Å². The number of amides is 1. The summed E-state index contributed by atoms with van der Waals surface area (Å²) in [5.41, 5.74) is 19.8. The van der Waals surface area contributed by atoms with Crippen LogP contribution in [0.4, 0.5) is 5.82 Å². The van der Waals surface area contributed by atoms with Crippen LogP contribution in [0.5, 0.6) is 5.75 Å². The van der Waals surface area contributed by atoms with E-state index in [4.69, 9.17) is 43.3 Å². The predicted octanol–water partition coefficient (Wildman–Crippen LogP) is 4.70. The molecule has 0 aliphatic heterocycles. The number of anilines is 1. The Hall–Kier alpha value is -4.12. The molecule has 7 N–H and O–H groups in total. The predicted molar refractivity (Wildman–Crippen MR) is 191 cm³/mol. The zero-order valence-electron chi connectivity index (χ0n) is 25.2. The van der Waals surface area contributed by atoms with E-state index in [1.807, 2.05) is 17.5 Å². The Balaban J connectivity index is 0.00000400. The van der Waals surface area contributed by atoms with Crippen LogP contribution < -0.4 is 27.3 Å². The molecule has 0 bridgehead atoms. The fourth-order valence-corrected chi connectivity index (χ4v) is 6.19. The number of nitrogens with zero attached hydrogens (tertiary/aromatic N) is 4. The standard InChI is InChI=1S/C31H29ClN8O4S2.2ClH/c32-20-5-1-19(2-6-20)29-39-21(16-45-29)17-46-30-24(15-35)27(23(14-34)28(37)40-30)18-3-7-22(8-4-18)43-11-12-44-31(42)25(13-26(36)41)38-10-9-33;;/h1-8,16,25,38H,9-13,17,33H2,(H2,36,41)(H2,37,40);2*1H/t25-;;/m0../s1. The molecule has 2 heterocycles. The number of carbonyl (C=O) groups is 2. The number of hydrogen-bond acceptors (Lipinski definition) is 13. The van der Waals surface area contributed by atoms with E-state index in [2.05, 4.69) is 22.4 Å². The molecule has 1 amide bonds. The van der Waals surface area contributed by atoms with Crippen molar-refractivity contribution in [2.75, 3.05) is 32.0 Å². The van der Waals surface area contributed by atoms with Gasteiger partial charge >= 0.3 is 5.97 Å². The van der Waals surface area contributed by atoms with E-state index in [1.54, 1.807) is 36.4 Å². The summed E-state index contributed by atoms with van der Waals surface area (Å²) in [4.78, 5) is 32.6. The molecule has 0 radical (unpaired) electrons. The average molecular weight is 750 g/mol. The van der Waals surface area contributed by atoms with Gasteiger partial charge < -0.3 is 32.0 Å².